The van der Waals surface area contributed by atoms with E-state index in [-0.39, 0.29) is 6.29 Å². The first-order valence-electron chi connectivity index (χ1n) is 2.61. The zero-order chi connectivity index (χ0) is 5.82. The number of morpholine rings is 1. The molecule has 0 bridgehead atoms. The average Bonchev–Trinajstić information content (AvgIpc) is 1.90. The molecule has 1 fully saturated rings. The highest BCUT2D eigenvalue weighted by Gasteiger charge is 2.10. The van der Waals surface area contributed by atoms with Crippen molar-refractivity contribution >= 4 is 0 Å². The van der Waals surface area contributed by atoms with Gasteiger partial charge in [-0.15, -0.1) is 0 Å². The van der Waals surface area contributed by atoms with Crippen molar-refractivity contribution in [2.45, 2.75) is 6.29 Å². The summed E-state index contributed by atoms with van der Waals surface area (Å²) in [5.74, 6) is 4.84. The molecule has 1 atom stereocenters. The third-order valence-electron chi connectivity index (χ3n) is 1.05. The van der Waals surface area contributed by atoms with Crippen molar-refractivity contribution in [1.82, 2.24) is 5.32 Å². The van der Waals surface area contributed by atoms with Crippen LogP contribution in [0.4, 0.5) is 0 Å². The van der Waals surface area contributed by atoms with E-state index in [1.54, 1.807) is 0 Å². The molecule has 0 aromatic carbocycles. The Hall–Kier alpha value is -0.160. The lowest BCUT2D eigenvalue weighted by Gasteiger charge is -2.20. The second kappa shape index (κ2) is 2.99. The summed E-state index contributed by atoms with van der Waals surface area (Å²) < 4.78 is 5.02. The van der Waals surface area contributed by atoms with Crippen LogP contribution >= 0.6 is 0 Å². The van der Waals surface area contributed by atoms with Crippen LogP contribution in [0, 0.1) is 0 Å². The molecule has 0 aromatic rings. The summed E-state index contributed by atoms with van der Waals surface area (Å²) in [5, 5.41) is 3.06. The van der Waals surface area contributed by atoms with E-state index in [0.717, 1.165) is 6.54 Å². The van der Waals surface area contributed by atoms with Gasteiger partial charge in [0.2, 0.25) is 0 Å². The van der Waals surface area contributed by atoms with Gasteiger partial charge in [-0.05, 0) is 0 Å². The second-order valence-corrected chi connectivity index (χ2v) is 1.64. The van der Waals surface area contributed by atoms with Gasteiger partial charge >= 0.3 is 0 Å². The molecular weight excluding hydrogens is 108 g/mol. The Bertz CT molecular complexity index is 63.1. The first-order valence-corrected chi connectivity index (χ1v) is 2.61. The van der Waals surface area contributed by atoms with Crippen molar-refractivity contribution in [3.63, 3.8) is 0 Å². The second-order valence-electron chi connectivity index (χ2n) is 1.64. The predicted molar refractivity (Wildman–Crippen MR) is 27.9 cm³/mol. The minimum absolute atomic E-state index is 0.247. The summed E-state index contributed by atoms with van der Waals surface area (Å²) in [5.41, 5.74) is 0. The van der Waals surface area contributed by atoms with E-state index in [1.165, 1.54) is 0 Å². The van der Waals surface area contributed by atoms with Crippen molar-refractivity contribution in [3.05, 3.63) is 0 Å². The normalized spacial score (nSPS) is 30.4. The third-order valence-corrected chi connectivity index (χ3v) is 1.05. The van der Waals surface area contributed by atoms with Gasteiger partial charge in [-0.25, -0.2) is 5.90 Å². The van der Waals surface area contributed by atoms with E-state index < -0.39 is 0 Å². The van der Waals surface area contributed by atoms with Crippen LogP contribution in [0.2, 0.25) is 0 Å². The van der Waals surface area contributed by atoms with Crippen LogP contribution in [0.1, 0.15) is 0 Å². The molecule has 4 heteroatoms. The molecule has 1 saturated heterocycles. The largest absolute Gasteiger partial charge is 0.348 e. The summed E-state index contributed by atoms with van der Waals surface area (Å²) in [4.78, 5) is 4.41. The Balaban J connectivity index is 2.13. The molecule has 0 radical (unpaired) electrons. The molecule has 0 unspecified atom stereocenters. The minimum atomic E-state index is -0.247. The number of nitrogens with two attached hydrogens (primary N) is 1. The van der Waals surface area contributed by atoms with E-state index >= 15 is 0 Å². The van der Waals surface area contributed by atoms with Crippen molar-refractivity contribution in [2.75, 3.05) is 19.7 Å². The Morgan fingerprint density at radius 2 is 2.62 bits per heavy atom. The van der Waals surface area contributed by atoms with Gasteiger partial charge in [-0.3, -0.25) is 4.84 Å². The van der Waals surface area contributed by atoms with E-state index in [2.05, 4.69) is 10.2 Å². The Kier molecular flexibility index (Phi) is 2.23. The van der Waals surface area contributed by atoms with Crippen molar-refractivity contribution in [1.29, 1.82) is 0 Å². The SMILES string of the molecule is NO[C@@H]1CNCCO1. The fourth-order valence-corrected chi connectivity index (χ4v) is 0.629. The molecule has 1 aliphatic heterocycles. The molecule has 48 valence electrons. The van der Waals surface area contributed by atoms with Gasteiger partial charge in [0, 0.05) is 13.1 Å². The van der Waals surface area contributed by atoms with Gasteiger partial charge < -0.3 is 10.1 Å². The first-order chi connectivity index (χ1) is 3.93. The quantitative estimate of drug-likeness (QED) is 0.426. The highest BCUT2D eigenvalue weighted by Crippen LogP contribution is 1.92. The van der Waals surface area contributed by atoms with Gasteiger partial charge in [0.05, 0.1) is 6.61 Å². The number of ether oxygens (including phenoxy) is 1. The number of nitrogens with one attached hydrogen (secondary N) is 1. The fourth-order valence-electron chi connectivity index (χ4n) is 0.629. The van der Waals surface area contributed by atoms with Gasteiger partial charge in [0.25, 0.3) is 0 Å². The lowest BCUT2D eigenvalue weighted by molar-refractivity contribution is -0.155. The zero-order valence-electron chi connectivity index (χ0n) is 4.59. The summed E-state index contributed by atoms with van der Waals surface area (Å²) in [7, 11) is 0. The zero-order valence-corrected chi connectivity index (χ0v) is 4.59. The Morgan fingerprint density at radius 1 is 1.75 bits per heavy atom. The summed E-state index contributed by atoms with van der Waals surface area (Å²) in [6.45, 7) is 2.26. The first kappa shape index (κ1) is 5.97. The van der Waals surface area contributed by atoms with Gasteiger partial charge in [0.15, 0.2) is 6.29 Å². The summed E-state index contributed by atoms with van der Waals surface area (Å²) >= 11 is 0. The maximum atomic E-state index is 5.02. The fraction of sp³-hybridized carbons (Fsp3) is 1.00. The van der Waals surface area contributed by atoms with Crippen LogP contribution in [-0.4, -0.2) is 26.0 Å². The molecule has 4 nitrogen and oxygen atoms in total. The van der Waals surface area contributed by atoms with E-state index in [9.17, 15) is 0 Å². The van der Waals surface area contributed by atoms with Crippen molar-refractivity contribution < 1.29 is 9.57 Å². The average molecular weight is 118 g/mol. The molecule has 0 amide bonds. The van der Waals surface area contributed by atoms with Crippen LogP contribution < -0.4 is 11.2 Å². The number of hydrogen-bond donors (Lipinski definition) is 2. The Morgan fingerprint density at radius 3 is 3.00 bits per heavy atom. The molecule has 0 aliphatic carbocycles. The highest BCUT2D eigenvalue weighted by molar-refractivity contribution is 4.55. The molecule has 1 aliphatic rings. The summed E-state index contributed by atoms with van der Waals surface area (Å²) in [6.07, 6.45) is -0.247. The maximum absolute atomic E-state index is 5.02. The molecule has 0 spiro atoms. The summed E-state index contributed by atoms with van der Waals surface area (Å²) in [6, 6.07) is 0. The van der Waals surface area contributed by atoms with Crippen LogP contribution in [-0.2, 0) is 9.57 Å². The third kappa shape index (κ3) is 1.41. The van der Waals surface area contributed by atoms with Gasteiger partial charge in [0.1, 0.15) is 0 Å². The van der Waals surface area contributed by atoms with Gasteiger partial charge in [-0.1, -0.05) is 0 Å². The lowest BCUT2D eigenvalue weighted by Crippen LogP contribution is -2.41. The van der Waals surface area contributed by atoms with Crippen LogP contribution in [0.3, 0.4) is 0 Å². The predicted octanol–water partition coefficient (Wildman–Crippen LogP) is -1.18. The van der Waals surface area contributed by atoms with Crippen LogP contribution in [0.15, 0.2) is 0 Å². The molecule has 1 heterocycles. The standard InChI is InChI=1S/C4H10N2O2/c5-8-4-3-6-1-2-7-4/h4,6H,1-3,5H2/t4-/m1/s1. The molecule has 0 saturated carbocycles. The molecule has 8 heavy (non-hydrogen) atoms. The van der Waals surface area contributed by atoms with E-state index in [0.29, 0.717) is 13.2 Å². The Labute approximate surface area is 47.9 Å². The van der Waals surface area contributed by atoms with E-state index in [1.807, 2.05) is 0 Å². The highest BCUT2D eigenvalue weighted by atomic mass is 16.8. The minimum Gasteiger partial charge on any atom is -0.348 e. The molecular formula is C4H10N2O2. The van der Waals surface area contributed by atoms with Crippen LogP contribution in [0.25, 0.3) is 0 Å². The number of hydrogen-bond acceptors (Lipinski definition) is 4. The number of rotatable bonds is 1. The lowest BCUT2D eigenvalue weighted by atomic mass is 10.5. The van der Waals surface area contributed by atoms with Crippen LogP contribution in [0.5, 0.6) is 0 Å². The van der Waals surface area contributed by atoms with Crippen molar-refractivity contribution in [3.8, 4) is 0 Å². The van der Waals surface area contributed by atoms with Crippen molar-refractivity contribution in [2.24, 2.45) is 5.90 Å². The smallest absolute Gasteiger partial charge is 0.189 e. The topological polar surface area (TPSA) is 56.5 Å². The molecule has 3 N–H and O–H groups in total. The van der Waals surface area contributed by atoms with E-state index in [4.69, 9.17) is 10.6 Å². The molecule has 1 rings (SSSR count). The monoisotopic (exact) mass is 118 g/mol. The maximum Gasteiger partial charge on any atom is 0.189 e. The van der Waals surface area contributed by atoms with Gasteiger partial charge in [-0.2, -0.15) is 0 Å². The molecule has 0 aromatic heterocycles.